The number of aromatic nitrogens is 1. The maximum atomic E-state index is 11.4. The Morgan fingerprint density at radius 2 is 2.38 bits per heavy atom. The number of nitrogens with one attached hydrogen (secondary N) is 1. The lowest BCUT2D eigenvalue weighted by atomic mass is 10.3. The number of carbonyl (C=O) groups excluding carboxylic acids is 1. The summed E-state index contributed by atoms with van der Waals surface area (Å²) in [7, 11) is 1.30. The number of anilines is 2. The summed E-state index contributed by atoms with van der Waals surface area (Å²) in [5.74, 6) is -0.308. The fraction of sp³-hybridized carbons (Fsp3) is 0.556. The summed E-state index contributed by atoms with van der Waals surface area (Å²) in [5, 5.41) is 12.3. The summed E-state index contributed by atoms with van der Waals surface area (Å²) < 4.78 is 8.50. The van der Waals surface area contributed by atoms with E-state index >= 15 is 0 Å². The number of hydrogen-bond donors (Lipinski definition) is 3. The number of esters is 1. The molecule has 1 aromatic rings. The minimum absolute atomic E-state index is 0.163. The molecular formula is C9H15N3O3S. The number of aliphatic hydroxyl groups excluding tert-OH is 1. The molecule has 0 bridgehead atoms. The second-order valence-electron chi connectivity index (χ2n) is 3.12. The molecule has 4 N–H and O–H groups in total. The molecule has 1 aromatic heterocycles. The van der Waals surface area contributed by atoms with Gasteiger partial charge in [-0.05, 0) is 24.4 Å². The zero-order chi connectivity index (χ0) is 12.0. The molecule has 6 nitrogen and oxygen atoms in total. The van der Waals surface area contributed by atoms with Crippen LogP contribution in [0.25, 0.3) is 0 Å². The maximum absolute atomic E-state index is 11.4. The second-order valence-corrected chi connectivity index (χ2v) is 3.89. The molecule has 0 saturated heterocycles. The molecule has 16 heavy (non-hydrogen) atoms. The minimum atomic E-state index is -0.490. The molecule has 0 atom stereocenters. The average Bonchev–Trinajstić information content (AvgIpc) is 2.65. The number of methoxy groups -OCH3 is 1. The first-order valence-corrected chi connectivity index (χ1v) is 5.66. The molecule has 0 amide bonds. The summed E-state index contributed by atoms with van der Waals surface area (Å²) in [6.45, 7) is 0.822. The van der Waals surface area contributed by atoms with Gasteiger partial charge in [0.25, 0.3) is 0 Å². The van der Waals surface area contributed by atoms with Gasteiger partial charge in [0.05, 0.1) is 7.11 Å². The molecule has 0 saturated carbocycles. The van der Waals surface area contributed by atoms with E-state index in [-0.39, 0.29) is 18.0 Å². The van der Waals surface area contributed by atoms with Crippen LogP contribution in [-0.2, 0) is 4.74 Å². The first kappa shape index (κ1) is 12.7. The third-order valence-electron chi connectivity index (χ3n) is 1.98. The van der Waals surface area contributed by atoms with Crippen LogP contribution in [0.3, 0.4) is 0 Å². The van der Waals surface area contributed by atoms with E-state index in [9.17, 15) is 4.79 Å². The van der Waals surface area contributed by atoms with Crippen molar-refractivity contribution in [3.8, 4) is 0 Å². The van der Waals surface area contributed by atoms with E-state index in [4.69, 9.17) is 10.8 Å². The van der Waals surface area contributed by atoms with Crippen molar-refractivity contribution >= 4 is 28.3 Å². The number of unbranched alkanes of at least 4 members (excludes halogenated alkanes) is 1. The van der Waals surface area contributed by atoms with Crippen LogP contribution in [0.2, 0.25) is 0 Å². The highest BCUT2D eigenvalue weighted by Crippen LogP contribution is 2.27. The summed E-state index contributed by atoms with van der Waals surface area (Å²) in [5.41, 5.74) is 5.86. The van der Waals surface area contributed by atoms with Crippen molar-refractivity contribution in [2.24, 2.45) is 0 Å². The lowest BCUT2D eigenvalue weighted by Crippen LogP contribution is -2.09. The van der Waals surface area contributed by atoms with Gasteiger partial charge in [0, 0.05) is 13.2 Å². The van der Waals surface area contributed by atoms with Gasteiger partial charge in [-0.15, -0.1) is 0 Å². The number of nitrogens with two attached hydrogens (primary N) is 1. The van der Waals surface area contributed by atoms with Crippen LogP contribution in [0.1, 0.15) is 23.2 Å². The molecular weight excluding hydrogens is 230 g/mol. The number of ether oxygens (including phenoxy) is 1. The highest BCUT2D eigenvalue weighted by Gasteiger charge is 2.19. The number of aliphatic hydroxyl groups is 1. The zero-order valence-corrected chi connectivity index (χ0v) is 9.84. The fourth-order valence-corrected chi connectivity index (χ4v) is 1.89. The molecule has 0 spiro atoms. The SMILES string of the molecule is COC(=O)c1c(N)nsc1NCCCCO. The zero-order valence-electron chi connectivity index (χ0n) is 9.02. The van der Waals surface area contributed by atoms with Crippen molar-refractivity contribution in [2.75, 3.05) is 31.3 Å². The lowest BCUT2D eigenvalue weighted by Gasteiger charge is -2.04. The maximum Gasteiger partial charge on any atom is 0.344 e. The van der Waals surface area contributed by atoms with Gasteiger partial charge in [-0.1, -0.05) is 0 Å². The Bertz CT molecular complexity index is 354. The molecule has 0 aromatic carbocycles. The quantitative estimate of drug-likeness (QED) is 0.504. The normalized spacial score (nSPS) is 10.1. The fourth-order valence-electron chi connectivity index (χ4n) is 1.16. The summed E-state index contributed by atoms with van der Waals surface area (Å²) in [6, 6.07) is 0. The monoisotopic (exact) mass is 245 g/mol. The highest BCUT2D eigenvalue weighted by atomic mass is 32.1. The molecule has 1 rings (SSSR count). The Morgan fingerprint density at radius 1 is 1.62 bits per heavy atom. The van der Waals surface area contributed by atoms with E-state index < -0.39 is 5.97 Å². The molecule has 0 aliphatic rings. The Balaban J connectivity index is 2.62. The van der Waals surface area contributed by atoms with E-state index in [0.29, 0.717) is 11.5 Å². The third-order valence-corrected chi connectivity index (χ3v) is 2.80. The van der Waals surface area contributed by atoms with Crippen LogP contribution < -0.4 is 11.1 Å². The van der Waals surface area contributed by atoms with E-state index in [2.05, 4.69) is 14.4 Å². The molecule has 0 unspecified atom stereocenters. The largest absolute Gasteiger partial charge is 0.465 e. The van der Waals surface area contributed by atoms with Crippen LogP contribution in [0, 0.1) is 0 Å². The van der Waals surface area contributed by atoms with Gasteiger partial charge in [-0.2, -0.15) is 4.37 Å². The molecule has 7 heteroatoms. The number of carbonyl (C=O) groups is 1. The lowest BCUT2D eigenvalue weighted by molar-refractivity contribution is 0.0603. The Hall–Kier alpha value is -1.34. The Labute approximate surface area is 97.6 Å². The van der Waals surface area contributed by atoms with E-state index in [1.165, 1.54) is 7.11 Å². The third kappa shape index (κ3) is 3.07. The molecule has 1 heterocycles. The van der Waals surface area contributed by atoms with Crippen molar-refractivity contribution in [3.05, 3.63) is 5.56 Å². The van der Waals surface area contributed by atoms with Crippen LogP contribution in [0.5, 0.6) is 0 Å². The van der Waals surface area contributed by atoms with E-state index in [1.54, 1.807) is 0 Å². The van der Waals surface area contributed by atoms with Crippen molar-refractivity contribution in [1.82, 2.24) is 4.37 Å². The van der Waals surface area contributed by atoms with Gasteiger partial charge < -0.3 is 20.9 Å². The van der Waals surface area contributed by atoms with Crippen LogP contribution in [0.4, 0.5) is 10.8 Å². The predicted octanol–water partition coefficient (Wildman–Crippen LogP) is 0.696. The van der Waals surface area contributed by atoms with Crippen LogP contribution >= 0.6 is 11.5 Å². The number of hydrogen-bond acceptors (Lipinski definition) is 7. The van der Waals surface area contributed by atoms with Crippen LogP contribution in [0.15, 0.2) is 0 Å². The Kier molecular flexibility index (Phi) is 5.00. The van der Waals surface area contributed by atoms with Gasteiger partial charge in [0.1, 0.15) is 10.6 Å². The topological polar surface area (TPSA) is 97.5 Å². The van der Waals surface area contributed by atoms with Crippen molar-refractivity contribution < 1.29 is 14.6 Å². The smallest absolute Gasteiger partial charge is 0.344 e. The number of nitrogen functional groups attached to an aromatic ring is 1. The summed E-state index contributed by atoms with van der Waals surface area (Å²) in [4.78, 5) is 11.4. The number of nitrogens with zero attached hydrogens (tertiary/aromatic N) is 1. The first-order valence-electron chi connectivity index (χ1n) is 4.89. The van der Waals surface area contributed by atoms with Gasteiger partial charge >= 0.3 is 5.97 Å². The number of rotatable bonds is 6. The minimum Gasteiger partial charge on any atom is -0.465 e. The predicted molar refractivity (Wildman–Crippen MR) is 62.7 cm³/mol. The van der Waals surface area contributed by atoms with Gasteiger partial charge in [-0.25, -0.2) is 4.79 Å². The highest BCUT2D eigenvalue weighted by molar-refractivity contribution is 7.11. The summed E-state index contributed by atoms with van der Waals surface area (Å²) in [6.07, 6.45) is 1.53. The van der Waals surface area contributed by atoms with Crippen LogP contribution in [-0.4, -0.2) is 35.7 Å². The van der Waals surface area contributed by atoms with Gasteiger partial charge in [0.15, 0.2) is 5.82 Å². The van der Waals surface area contributed by atoms with Gasteiger partial charge in [-0.3, -0.25) is 0 Å². The van der Waals surface area contributed by atoms with Crippen molar-refractivity contribution in [3.63, 3.8) is 0 Å². The molecule has 0 radical (unpaired) electrons. The standard InChI is InChI=1S/C9H15N3O3S/c1-15-9(14)6-7(10)12-16-8(6)11-4-2-3-5-13/h11,13H,2-5H2,1H3,(H2,10,12). The van der Waals surface area contributed by atoms with Crippen molar-refractivity contribution in [1.29, 1.82) is 0 Å². The molecule has 0 aliphatic carbocycles. The van der Waals surface area contributed by atoms with Crippen molar-refractivity contribution in [2.45, 2.75) is 12.8 Å². The first-order chi connectivity index (χ1) is 7.70. The molecule has 0 fully saturated rings. The Morgan fingerprint density at radius 3 is 3.00 bits per heavy atom. The molecule has 0 aliphatic heterocycles. The average molecular weight is 245 g/mol. The summed E-state index contributed by atoms with van der Waals surface area (Å²) >= 11 is 1.13. The molecule has 90 valence electrons. The van der Waals surface area contributed by atoms with Gasteiger partial charge in [0.2, 0.25) is 0 Å². The second kappa shape index (κ2) is 6.29. The van der Waals surface area contributed by atoms with E-state index in [1.807, 2.05) is 0 Å². The van der Waals surface area contributed by atoms with E-state index in [0.717, 1.165) is 24.4 Å².